The molecular weight excluding hydrogens is 606 g/mol. The van der Waals surface area contributed by atoms with Gasteiger partial charge in [0.1, 0.15) is 10.7 Å². The van der Waals surface area contributed by atoms with Crippen molar-refractivity contribution >= 4 is 21.8 Å². The number of hydrogen-bond donors (Lipinski definition) is 1. The van der Waals surface area contributed by atoms with Crippen LogP contribution in [0.5, 0.6) is 11.5 Å². The Morgan fingerprint density at radius 2 is 1.60 bits per heavy atom. The lowest BCUT2D eigenvalue weighted by Gasteiger charge is -2.24. The molecule has 4 aromatic rings. The van der Waals surface area contributed by atoms with Gasteiger partial charge in [0, 0.05) is 6.54 Å². The fourth-order valence-electron chi connectivity index (χ4n) is 3.92. The average molecular weight is 629 g/mol. The molecule has 0 spiro atoms. The number of ether oxygens (including phenoxy) is 1. The van der Waals surface area contributed by atoms with Crippen LogP contribution in [0.2, 0.25) is 0 Å². The number of para-hydroxylation sites is 1. The molecule has 228 valence electrons. The Bertz CT molecular complexity index is 1690. The van der Waals surface area contributed by atoms with Crippen LogP contribution in [0.1, 0.15) is 22.5 Å². The smallest absolute Gasteiger partial charge is 0.418 e. The highest BCUT2D eigenvalue weighted by Gasteiger charge is 2.34. The number of halogens is 6. The van der Waals surface area contributed by atoms with E-state index in [0.29, 0.717) is 12.1 Å². The molecule has 0 aliphatic rings. The molecule has 43 heavy (non-hydrogen) atoms. The van der Waals surface area contributed by atoms with Crippen molar-refractivity contribution in [2.24, 2.45) is 0 Å². The third kappa shape index (κ3) is 7.80. The minimum Gasteiger partial charge on any atom is -0.493 e. The molecule has 15 heteroatoms. The lowest BCUT2D eigenvalue weighted by molar-refractivity contribution is -0.138. The Morgan fingerprint density at radius 3 is 2.26 bits per heavy atom. The van der Waals surface area contributed by atoms with Crippen molar-refractivity contribution in [3.05, 3.63) is 108 Å². The average Bonchev–Trinajstić information content (AvgIpc) is 3.45. The molecule has 0 saturated carbocycles. The molecule has 1 heterocycles. The van der Waals surface area contributed by atoms with Crippen LogP contribution in [0.25, 0.3) is 0 Å². The van der Waals surface area contributed by atoms with Gasteiger partial charge in [-0.2, -0.15) is 34.8 Å². The SMILES string of the molecule is COc1ccc(CN(Cc2ccco2)C(=O)Nc2ccccc2C(F)(F)F)cc1OS(=O)(=O)c1cccc(C(F)(F)F)c1. The Hall–Kier alpha value is -4.66. The zero-order valence-corrected chi connectivity index (χ0v) is 22.9. The molecule has 0 bridgehead atoms. The molecule has 1 N–H and O–H groups in total. The number of urea groups is 1. The van der Waals surface area contributed by atoms with Crippen molar-refractivity contribution < 1.29 is 52.9 Å². The second kappa shape index (κ2) is 12.3. The minimum absolute atomic E-state index is 0.0968. The van der Waals surface area contributed by atoms with E-state index in [9.17, 15) is 39.6 Å². The summed E-state index contributed by atoms with van der Waals surface area (Å²) >= 11 is 0. The molecule has 0 aliphatic carbocycles. The lowest BCUT2D eigenvalue weighted by Crippen LogP contribution is -2.34. The predicted molar refractivity (Wildman–Crippen MR) is 141 cm³/mol. The van der Waals surface area contributed by atoms with E-state index < -0.39 is 56.0 Å². The maximum absolute atomic E-state index is 13.5. The quantitative estimate of drug-likeness (QED) is 0.154. The summed E-state index contributed by atoms with van der Waals surface area (Å²) < 4.78 is 121. The van der Waals surface area contributed by atoms with Crippen molar-refractivity contribution in [3.8, 4) is 11.5 Å². The fraction of sp³-hybridized carbons (Fsp3) is 0.179. The number of amides is 2. The van der Waals surface area contributed by atoms with Crippen LogP contribution in [0.15, 0.2) is 94.4 Å². The molecule has 1 aromatic heterocycles. The minimum atomic E-state index is -4.80. The van der Waals surface area contributed by atoms with Gasteiger partial charge in [0.25, 0.3) is 0 Å². The van der Waals surface area contributed by atoms with Crippen LogP contribution >= 0.6 is 0 Å². The van der Waals surface area contributed by atoms with Gasteiger partial charge in [0.15, 0.2) is 11.5 Å². The van der Waals surface area contributed by atoms with Crippen LogP contribution in [0, 0.1) is 0 Å². The number of alkyl halides is 6. The van der Waals surface area contributed by atoms with Crippen LogP contribution in [0.3, 0.4) is 0 Å². The number of carbonyl (C=O) groups is 1. The zero-order chi connectivity index (χ0) is 31.4. The summed E-state index contributed by atoms with van der Waals surface area (Å²) in [5.41, 5.74) is -2.53. The van der Waals surface area contributed by atoms with E-state index in [-0.39, 0.29) is 30.2 Å². The van der Waals surface area contributed by atoms with Crippen LogP contribution in [-0.2, 0) is 35.6 Å². The third-order valence-electron chi connectivity index (χ3n) is 5.94. The van der Waals surface area contributed by atoms with Gasteiger partial charge in [-0.05, 0) is 60.2 Å². The number of carbonyl (C=O) groups excluding carboxylic acids is 1. The summed E-state index contributed by atoms with van der Waals surface area (Å²) in [6.45, 7) is -0.484. The van der Waals surface area contributed by atoms with Crippen LogP contribution in [0.4, 0.5) is 36.8 Å². The first-order valence-corrected chi connectivity index (χ1v) is 13.6. The number of methoxy groups -OCH3 is 1. The topological polar surface area (TPSA) is 98.1 Å². The molecule has 0 radical (unpaired) electrons. The maximum Gasteiger partial charge on any atom is 0.418 e. The maximum atomic E-state index is 13.5. The first-order chi connectivity index (χ1) is 20.2. The molecule has 0 fully saturated rings. The summed E-state index contributed by atoms with van der Waals surface area (Å²) in [5.74, 6) is -0.213. The van der Waals surface area contributed by atoms with E-state index >= 15 is 0 Å². The van der Waals surface area contributed by atoms with Crippen LogP contribution < -0.4 is 14.2 Å². The van der Waals surface area contributed by atoms with Gasteiger partial charge in [-0.1, -0.05) is 24.3 Å². The van der Waals surface area contributed by atoms with Crippen molar-refractivity contribution in [2.45, 2.75) is 30.3 Å². The number of hydrogen-bond acceptors (Lipinski definition) is 6. The summed E-state index contributed by atoms with van der Waals surface area (Å²) in [6, 6.07) is 13.4. The molecule has 3 aromatic carbocycles. The number of nitrogens with one attached hydrogen (secondary N) is 1. The second-order valence-corrected chi connectivity index (χ2v) is 10.5. The Kier molecular flexibility index (Phi) is 8.94. The highest BCUT2D eigenvalue weighted by molar-refractivity contribution is 7.87. The van der Waals surface area contributed by atoms with E-state index in [0.717, 1.165) is 29.2 Å². The van der Waals surface area contributed by atoms with E-state index in [2.05, 4.69) is 5.32 Å². The summed E-state index contributed by atoms with van der Waals surface area (Å²) in [4.78, 5) is 13.5. The monoisotopic (exact) mass is 628 g/mol. The molecular formula is C28H22F6N2O6S. The largest absolute Gasteiger partial charge is 0.493 e. The van der Waals surface area contributed by atoms with E-state index in [1.54, 1.807) is 6.07 Å². The molecule has 0 atom stereocenters. The van der Waals surface area contributed by atoms with Gasteiger partial charge < -0.3 is 23.6 Å². The number of furan rings is 1. The van der Waals surface area contributed by atoms with Crippen LogP contribution in [-0.4, -0.2) is 26.5 Å². The standard InChI is InChI=1S/C28H22F6N2O6S/c1-40-24-12-11-18(14-25(24)42-43(38,39)21-8-4-6-19(15-21)27(29,30)31)16-36(17-20-7-5-13-41-20)26(37)35-23-10-3-2-9-22(23)28(32,33)34/h2-15H,16-17H2,1H3,(H,35,37). The Labute approximate surface area is 241 Å². The lowest BCUT2D eigenvalue weighted by atomic mass is 10.1. The van der Waals surface area contributed by atoms with Gasteiger partial charge in [0.2, 0.25) is 0 Å². The van der Waals surface area contributed by atoms with E-state index in [1.165, 1.54) is 49.8 Å². The molecule has 0 saturated heterocycles. The Balaban J connectivity index is 1.64. The fourth-order valence-corrected chi connectivity index (χ4v) is 4.90. The number of benzene rings is 3. The van der Waals surface area contributed by atoms with Crippen molar-refractivity contribution in [2.75, 3.05) is 12.4 Å². The number of rotatable bonds is 9. The van der Waals surface area contributed by atoms with Gasteiger partial charge in [-0.3, -0.25) is 0 Å². The predicted octanol–water partition coefficient (Wildman–Crippen LogP) is 7.33. The van der Waals surface area contributed by atoms with Gasteiger partial charge in [0.05, 0.1) is 36.7 Å². The molecule has 4 rings (SSSR count). The molecule has 0 unspecified atom stereocenters. The zero-order valence-electron chi connectivity index (χ0n) is 22.1. The summed E-state index contributed by atoms with van der Waals surface area (Å²) in [6.07, 6.45) is -8.22. The first-order valence-electron chi connectivity index (χ1n) is 12.2. The highest BCUT2D eigenvalue weighted by Crippen LogP contribution is 2.36. The molecule has 0 aliphatic heterocycles. The molecule has 2 amide bonds. The second-order valence-electron chi connectivity index (χ2n) is 8.96. The van der Waals surface area contributed by atoms with Gasteiger partial charge in [-0.25, -0.2) is 4.79 Å². The third-order valence-corrected chi connectivity index (χ3v) is 7.17. The van der Waals surface area contributed by atoms with E-state index in [1.807, 2.05) is 0 Å². The van der Waals surface area contributed by atoms with Crippen molar-refractivity contribution in [1.29, 1.82) is 0 Å². The number of nitrogens with zero attached hydrogens (tertiary/aromatic N) is 1. The van der Waals surface area contributed by atoms with Crippen molar-refractivity contribution in [1.82, 2.24) is 4.90 Å². The Morgan fingerprint density at radius 1 is 0.860 bits per heavy atom. The normalized spacial score (nSPS) is 12.1. The first kappa shape index (κ1) is 31.3. The summed E-state index contributed by atoms with van der Waals surface area (Å²) in [5, 5.41) is 2.25. The summed E-state index contributed by atoms with van der Waals surface area (Å²) in [7, 11) is -3.58. The van der Waals surface area contributed by atoms with Gasteiger partial charge >= 0.3 is 28.5 Å². The molecule has 8 nitrogen and oxygen atoms in total. The van der Waals surface area contributed by atoms with E-state index in [4.69, 9.17) is 13.3 Å². The van der Waals surface area contributed by atoms with Gasteiger partial charge in [-0.15, -0.1) is 0 Å². The number of anilines is 1. The highest BCUT2D eigenvalue weighted by atomic mass is 32.2. The van der Waals surface area contributed by atoms with Crippen molar-refractivity contribution in [3.63, 3.8) is 0 Å².